The summed E-state index contributed by atoms with van der Waals surface area (Å²) in [6, 6.07) is 0. The Hall–Kier alpha value is 0.0649. The van der Waals surface area contributed by atoms with Gasteiger partial charge in [-0.05, 0) is 0 Å². The second-order valence-corrected chi connectivity index (χ2v) is 2.41. The van der Waals surface area contributed by atoms with Gasteiger partial charge in [-0.25, -0.2) is 0 Å². The molecule has 0 aliphatic heterocycles. The minimum atomic E-state index is 0. The van der Waals surface area contributed by atoms with Crippen LogP contribution >= 0.6 is 0 Å². The molecule has 1 heteroatoms. The summed E-state index contributed by atoms with van der Waals surface area (Å²) in [5, 5.41) is 0. The predicted molar refractivity (Wildman–Crippen MR) is 89.1 cm³/mol. The van der Waals surface area contributed by atoms with Crippen molar-refractivity contribution in [3.63, 3.8) is 0 Å². The van der Waals surface area contributed by atoms with Crippen molar-refractivity contribution in [2.24, 2.45) is 0 Å². The lowest BCUT2D eigenvalue weighted by molar-refractivity contribution is 0.886. The van der Waals surface area contributed by atoms with Crippen molar-refractivity contribution in [2.75, 3.05) is 0 Å². The Bertz CT molecular complexity index is 17.4. The van der Waals surface area contributed by atoms with E-state index in [1.54, 1.807) is 0 Å². The maximum atomic E-state index is 2.18. The molecule has 0 N–H and O–H groups in total. The van der Waals surface area contributed by atoms with Crippen LogP contribution in [0.25, 0.3) is 0 Å². The van der Waals surface area contributed by atoms with Crippen LogP contribution in [0.2, 0.25) is 0 Å². The molecule has 0 amide bonds. The first-order valence-electron chi connectivity index (χ1n) is 6.74. The average Bonchev–Trinajstić information content (AvgIpc) is 2.26. The van der Waals surface area contributed by atoms with Crippen molar-refractivity contribution in [3.05, 3.63) is 0 Å². The smallest absolute Gasteiger partial charge is 0.0379 e. The Morgan fingerprint density at radius 1 is 0.500 bits per heavy atom. The van der Waals surface area contributed by atoms with Gasteiger partial charge < -0.3 is 0 Å². The zero-order valence-electron chi connectivity index (χ0n) is 13.5. The van der Waals surface area contributed by atoms with Gasteiger partial charge >= 0.3 is 0 Å². The van der Waals surface area contributed by atoms with Crippen molar-refractivity contribution in [1.29, 1.82) is 0 Å². The monoisotopic (exact) mass is 234 g/mol. The topological polar surface area (TPSA) is 0 Å². The van der Waals surface area contributed by atoms with Crippen LogP contribution in [0.4, 0.5) is 0 Å². The van der Waals surface area contributed by atoms with E-state index in [0.29, 0.717) is 0 Å². The minimum Gasteiger partial charge on any atom is -0.0776 e. The first kappa shape index (κ1) is 44.4. The molecule has 0 saturated carbocycles. The summed E-state index contributed by atoms with van der Waals surface area (Å²) in [4.78, 5) is 0. The van der Waals surface area contributed by atoms with E-state index < -0.39 is 0 Å². The lowest BCUT2D eigenvalue weighted by atomic mass is 10.4. The Labute approximate surface area is 111 Å². The van der Waals surface area contributed by atoms with Gasteiger partial charge in [0.05, 0.1) is 0 Å². The molecule has 0 rings (SSSR count). The van der Waals surface area contributed by atoms with E-state index >= 15 is 0 Å². The van der Waals surface area contributed by atoms with Gasteiger partial charge in [0.2, 0.25) is 0 Å². The van der Waals surface area contributed by atoms with Crippen molar-refractivity contribution in [1.82, 2.24) is 0 Å². The average molecular weight is 234 g/mol. The van der Waals surface area contributed by atoms with Gasteiger partial charge in [-0.1, -0.05) is 102 Å². The van der Waals surface area contributed by atoms with Gasteiger partial charge in [-0.2, -0.15) is 0 Å². The quantitative estimate of drug-likeness (QED) is 0.444. The molecule has 2 radical (unpaired) electrons. The third-order valence-corrected chi connectivity index (χ3v) is 0.500. The SMILES string of the molecule is C.CC.CC.CCC.CCC.CCCC.[BH]. The summed E-state index contributed by atoms with van der Waals surface area (Å²) in [6.45, 7) is 20.9. The van der Waals surface area contributed by atoms with Gasteiger partial charge in [-0.15, -0.1) is 0 Å². The van der Waals surface area contributed by atoms with E-state index in [0.717, 1.165) is 0 Å². The first-order valence-corrected chi connectivity index (χ1v) is 6.74. The molecule has 0 atom stereocenters. The van der Waals surface area contributed by atoms with Gasteiger partial charge in [-0.3, -0.25) is 0 Å². The molecule has 0 aliphatic rings. The van der Waals surface area contributed by atoms with Crippen molar-refractivity contribution >= 4 is 8.41 Å². The van der Waals surface area contributed by atoms with E-state index in [1.165, 1.54) is 25.7 Å². The number of unbranched alkanes of at least 4 members (excludes halogenated alkanes) is 1. The van der Waals surface area contributed by atoms with Crippen LogP contribution in [0.15, 0.2) is 0 Å². The molecule has 0 aliphatic carbocycles. The lowest BCUT2D eigenvalue weighted by Gasteiger charge is -1.68. The summed E-state index contributed by atoms with van der Waals surface area (Å²) in [5.41, 5.74) is 0. The highest BCUT2D eigenvalue weighted by Gasteiger charge is 1.56. The molecular weight excluding hydrogens is 191 g/mol. The standard InChI is InChI=1S/C4H10.2C3H8.2C2H6.CH4.BH/c1-3-4-2;2*1-3-2;2*1-2;;/h3-4H2,1-2H3;2*3H2,1-2H3;2*1-2H3;1H4;1H. The van der Waals surface area contributed by atoms with E-state index in [9.17, 15) is 0 Å². The molecule has 0 fully saturated rings. The fraction of sp³-hybridized carbons (Fsp3) is 1.00. The predicted octanol–water partition coefficient (Wildman–Crippen LogP) is 6.68. The molecule has 106 valence electrons. The van der Waals surface area contributed by atoms with Crippen molar-refractivity contribution in [3.8, 4) is 0 Å². The zero-order valence-corrected chi connectivity index (χ0v) is 13.5. The van der Waals surface area contributed by atoms with Crippen molar-refractivity contribution < 1.29 is 0 Å². The molecular formula is C15H43B. The molecule has 0 aromatic heterocycles. The van der Waals surface area contributed by atoms with Gasteiger partial charge in [0, 0.05) is 8.41 Å². The van der Waals surface area contributed by atoms with Crippen LogP contribution in [0.1, 0.15) is 102 Å². The third kappa shape index (κ3) is 2120. The molecule has 0 aromatic rings. The molecule has 0 bridgehead atoms. The molecule has 16 heavy (non-hydrogen) atoms. The summed E-state index contributed by atoms with van der Waals surface area (Å²) < 4.78 is 0. The van der Waals surface area contributed by atoms with E-state index in [1.807, 2.05) is 27.7 Å². The summed E-state index contributed by atoms with van der Waals surface area (Å²) >= 11 is 0. The van der Waals surface area contributed by atoms with Gasteiger partial charge in [0.1, 0.15) is 0 Å². The molecule has 0 nitrogen and oxygen atoms in total. The summed E-state index contributed by atoms with van der Waals surface area (Å²) in [7, 11) is 0. The molecule has 0 unspecified atom stereocenters. The number of hydrogen-bond acceptors (Lipinski definition) is 0. The van der Waals surface area contributed by atoms with E-state index in [4.69, 9.17) is 0 Å². The number of rotatable bonds is 1. The Kier molecular flexibility index (Phi) is 500. The van der Waals surface area contributed by atoms with E-state index in [2.05, 4.69) is 41.5 Å². The van der Waals surface area contributed by atoms with Crippen LogP contribution in [0.5, 0.6) is 0 Å². The van der Waals surface area contributed by atoms with Crippen molar-refractivity contribution in [2.45, 2.75) is 102 Å². The largest absolute Gasteiger partial charge is 0.0776 e. The second kappa shape index (κ2) is 180. The normalized spacial score (nSPS) is 4.88. The highest BCUT2D eigenvalue weighted by atomic mass is 13.6. The van der Waals surface area contributed by atoms with E-state index in [-0.39, 0.29) is 15.8 Å². The van der Waals surface area contributed by atoms with Crippen LogP contribution in [-0.4, -0.2) is 8.41 Å². The highest BCUT2D eigenvalue weighted by Crippen LogP contribution is 1.76. The number of hydrogen-bond donors (Lipinski definition) is 0. The van der Waals surface area contributed by atoms with Crippen LogP contribution < -0.4 is 0 Å². The zero-order chi connectivity index (χ0) is 12.8. The van der Waals surface area contributed by atoms with Crippen LogP contribution in [0.3, 0.4) is 0 Å². The molecule has 0 aromatic carbocycles. The Morgan fingerprint density at radius 2 is 0.562 bits per heavy atom. The fourth-order valence-electron chi connectivity index (χ4n) is 0. The minimum absolute atomic E-state index is 0. The second-order valence-electron chi connectivity index (χ2n) is 2.41. The Balaban J connectivity index is -0.0000000126. The Morgan fingerprint density at radius 3 is 0.562 bits per heavy atom. The molecule has 0 spiro atoms. The summed E-state index contributed by atoms with van der Waals surface area (Å²) in [5.74, 6) is 0. The van der Waals surface area contributed by atoms with Crippen LogP contribution in [-0.2, 0) is 0 Å². The maximum absolute atomic E-state index is 2.18. The summed E-state index contributed by atoms with van der Waals surface area (Å²) in [6.07, 6.45) is 5.14. The highest BCUT2D eigenvalue weighted by molar-refractivity contribution is 5.75. The third-order valence-electron chi connectivity index (χ3n) is 0.500. The molecule has 0 saturated heterocycles. The first-order chi connectivity index (χ1) is 6.74. The lowest BCUT2D eigenvalue weighted by Crippen LogP contribution is -1.47. The van der Waals surface area contributed by atoms with Crippen LogP contribution in [0, 0.1) is 0 Å². The maximum Gasteiger partial charge on any atom is 0.0379 e. The van der Waals surface area contributed by atoms with Gasteiger partial charge in [0.25, 0.3) is 0 Å². The van der Waals surface area contributed by atoms with Gasteiger partial charge in [0.15, 0.2) is 0 Å². The fourth-order valence-corrected chi connectivity index (χ4v) is 0. The molecule has 0 heterocycles.